The molecular weight excluding hydrogens is 314 g/mol. The van der Waals surface area contributed by atoms with Gasteiger partial charge in [0.15, 0.2) is 5.78 Å². The zero-order valence-electron chi connectivity index (χ0n) is 14.4. The van der Waals surface area contributed by atoms with Crippen molar-refractivity contribution in [3.63, 3.8) is 0 Å². The second kappa shape index (κ2) is 6.80. The number of fused-ring (bicyclic) bond motifs is 3. The molecule has 3 aromatic rings. The van der Waals surface area contributed by atoms with Crippen LogP contribution in [0.1, 0.15) is 36.5 Å². The van der Waals surface area contributed by atoms with Gasteiger partial charge < -0.3 is 15.6 Å². The highest BCUT2D eigenvalue weighted by Crippen LogP contribution is 2.29. The maximum Gasteiger partial charge on any atom is 0.159 e. The minimum absolute atomic E-state index is 0.0620. The SMILES string of the molecule is CC(=O)c1ccc2c(c1)[nH]c1ncnc(NCCC3CCNCC3)c12. The van der Waals surface area contributed by atoms with Gasteiger partial charge in [-0.15, -0.1) is 0 Å². The number of benzene rings is 1. The second-order valence-electron chi connectivity index (χ2n) is 6.80. The third kappa shape index (κ3) is 3.22. The lowest BCUT2D eigenvalue weighted by Crippen LogP contribution is -2.28. The molecule has 0 unspecified atom stereocenters. The summed E-state index contributed by atoms with van der Waals surface area (Å²) < 4.78 is 0. The summed E-state index contributed by atoms with van der Waals surface area (Å²) >= 11 is 0. The summed E-state index contributed by atoms with van der Waals surface area (Å²) in [6.45, 7) is 4.75. The Morgan fingerprint density at radius 3 is 2.92 bits per heavy atom. The summed E-state index contributed by atoms with van der Waals surface area (Å²) in [5.74, 6) is 1.71. The van der Waals surface area contributed by atoms with Crippen molar-refractivity contribution in [2.75, 3.05) is 25.0 Å². The number of nitrogens with one attached hydrogen (secondary N) is 3. The Hall–Kier alpha value is -2.47. The van der Waals surface area contributed by atoms with Gasteiger partial charge in [-0.2, -0.15) is 0 Å². The van der Waals surface area contributed by atoms with Gasteiger partial charge in [-0.3, -0.25) is 4.79 Å². The molecule has 4 rings (SSSR count). The van der Waals surface area contributed by atoms with Crippen LogP contribution in [0.3, 0.4) is 0 Å². The molecular formula is C19H23N5O. The van der Waals surface area contributed by atoms with Crippen molar-refractivity contribution in [3.05, 3.63) is 30.1 Å². The monoisotopic (exact) mass is 337 g/mol. The molecule has 25 heavy (non-hydrogen) atoms. The maximum absolute atomic E-state index is 11.6. The lowest BCUT2D eigenvalue weighted by atomic mass is 9.95. The average molecular weight is 337 g/mol. The predicted octanol–water partition coefficient (Wildman–Crippen LogP) is 3.12. The van der Waals surface area contributed by atoms with Gasteiger partial charge in [-0.1, -0.05) is 12.1 Å². The third-order valence-electron chi connectivity index (χ3n) is 5.10. The first-order valence-corrected chi connectivity index (χ1v) is 8.94. The number of ketones is 1. The normalized spacial score (nSPS) is 15.7. The molecule has 3 N–H and O–H groups in total. The van der Waals surface area contributed by atoms with Crippen LogP contribution < -0.4 is 10.6 Å². The van der Waals surface area contributed by atoms with Crippen LogP contribution in [-0.2, 0) is 0 Å². The number of hydrogen-bond donors (Lipinski definition) is 3. The lowest BCUT2D eigenvalue weighted by molar-refractivity contribution is 0.101. The van der Waals surface area contributed by atoms with Crippen LogP contribution in [-0.4, -0.2) is 40.4 Å². The molecule has 0 saturated carbocycles. The van der Waals surface area contributed by atoms with E-state index in [1.54, 1.807) is 13.3 Å². The standard InChI is InChI=1S/C19H23N5O/c1-12(25)14-2-3-15-16(10-14)24-19-17(15)18(22-11-23-19)21-9-6-13-4-7-20-8-5-13/h2-3,10-11,13,20H,4-9H2,1H3,(H2,21,22,23,24). The highest BCUT2D eigenvalue weighted by molar-refractivity contribution is 6.12. The summed E-state index contributed by atoms with van der Waals surface area (Å²) in [4.78, 5) is 23.7. The number of aromatic amines is 1. The molecule has 1 fully saturated rings. The van der Waals surface area contributed by atoms with Gasteiger partial charge in [0.1, 0.15) is 17.8 Å². The van der Waals surface area contributed by atoms with Gasteiger partial charge in [0.05, 0.1) is 5.39 Å². The number of nitrogens with zero attached hydrogens (tertiary/aromatic N) is 2. The number of H-pyrrole nitrogens is 1. The van der Waals surface area contributed by atoms with Gasteiger partial charge in [-0.05, 0) is 51.3 Å². The van der Waals surface area contributed by atoms with E-state index in [0.29, 0.717) is 5.56 Å². The highest BCUT2D eigenvalue weighted by atomic mass is 16.1. The topological polar surface area (TPSA) is 82.7 Å². The summed E-state index contributed by atoms with van der Waals surface area (Å²) in [6, 6.07) is 5.73. The van der Waals surface area contributed by atoms with Crippen molar-refractivity contribution in [1.29, 1.82) is 0 Å². The smallest absolute Gasteiger partial charge is 0.159 e. The molecule has 6 nitrogen and oxygen atoms in total. The zero-order valence-corrected chi connectivity index (χ0v) is 14.4. The maximum atomic E-state index is 11.6. The number of Topliss-reactive ketones (excluding diaryl/α,β-unsaturated/α-hetero) is 1. The fourth-order valence-corrected chi connectivity index (χ4v) is 3.65. The number of aromatic nitrogens is 3. The van der Waals surface area contributed by atoms with Crippen LogP contribution >= 0.6 is 0 Å². The van der Waals surface area contributed by atoms with Gasteiger partial charge in [0, 0.05) is 23.0 Å². The predicted molar refractivity (Wildman–Crippen MR) is 100 cm³/mol. The van der Waals surface area contributed by atoms with E-state index in [-0.39, 0.29) is 5.78 Å². The number of rotatable bonds is 5. The minimum Gasteiger partial charge on any atom is -0.369 e. The first-order chi connectivity index (χ1) is 12.2. The minimum atomic E-state index is 0.0620. The van der Waals surface area contributed by atoms with E-state index in [4.69, 9.17) is 0 Å². The van der Waals surface area contributed by atoms with Crippen LogP contribution in [0.4, 0.5) is 5.82 Å². The Bertz CT molecular complexity index is 911. The van der Waals surface area contributed by atoms with E-state index in [1.807, 2.05) is 18.2 Å². The molecule has 6 heteroatoms. The van der Waals surface area contributed by atoms with E-state index in [0.717, 1.165) is 59.7 Å². The summed E-state index contributed by atoms with van der Waals surface area (Å²) in [7, 11) is 0. The van der Waals surface area contributed by atoms with E-state index >= 15 is 0 Å². The number of hydrogen-bond acceptors (Lipinski definition) is 5. The van der Waals surface area contributed by atoms with Crippen LogP contribution in [0.25, 0.3) is 21.9 Å². The van der Waals surface area contributed by atoms with E-state index in [9.17, 15) is 4.79 Å². The molecule has 0 aliphatic carbocycles. The Labute approximate surface area is 146 Å². The van der Waals surface area contributed by atoms with Crippen molar-refractivity contribution < 1.29 is 4.79 Å². The zero-order chi connectivity index (χ0) is 17.2. The molecule has 130 valence electrons. The van der Waals surface area contributed by atoms with Crippen molar-refractivity contribution in [2.45, 2.75) is 26.2 Å². The molecule has 0 bridgehead atoms. The van der Waals surface area contributed by atoms with Gasteiger partial charge >= 0.3 is 0 Å². The first kappa shape index (κ1) is 16.0. The van der Waals surface area contributed by atoms with E-state index in [2.05, 4.69) is 25.6 Å². The van der Waals surface area contributed by atoms with Crippen LogP contribution in [0.2, 0.25) is 0 Å². The quantitative estimate of drug-likeness (QED) is 0.623. The van der Waals surface area contributed by atoms with Gasteiger partial charge in [0.25, 0.3) is 0 Å². The van der Waals surface area contributed by atoms with E-state index < -0.39 is 0 Å². The molecule has 0 atom stereocenters. The fourth-order valence-electron chi connectivity index (χ4n) is 3.65. The highest BCUT2D eigenvalue weighted by Gasteiger charge is 2.15. The Morgan fingerprint density at radius 2 is 2.12 bits per heavy atom. The Kier molecular flexibility index (Phi) is 4.36. The van der Waals surface area contributed by atoms with E-state index in [1.165, 1.54) is 12.8 Å². The molecule has 0 spiro atoms. The number of anilines is 1. The summed E-state index contributed by atoms with van der Waals surface area (Å²) in [5.41, 5.74) is 2.42. The molecule has 1 saturated heterocycles. The van der Waals surface area contributed by atoms with Crippen LogP contribution in [0.5, 0.6) is 0 Å². The summed E-state index contributed by atoms with van der Waals surface area (Å²) in [6.07, 6.45) is 5.24. The molecule has 2 aromatic heterocycles. The number of piperidine rings is 1. The van der Waals surface area contributed by atoms with Crippen LogP contribution in [0.15, 0.2) is 24.5 Å². The average Bonchev–Trinajstić information content (AvgIpc) is 3.01. The lowest BCUT2D eigenvalue weighted by Gasteiger charge is -2.22. The number of carbonyl (C=O) groups is 1. The molecule has 0 radical (unpaired) electrons. The van der Waals surface area contributed by atoms with Crippen molar-refractivity contribution >= 4 is 33.5 Å². The Morgan fingerprint density at radius 1 is 1.28 bits per heavy atom. The van der Waals surface area contributed by atoms with Crippen molar-refractivity contribution in [1.82, 2.24) is 20.3 Å². The fraction of sp³-hybridized carbons (Fsp3) is 0.421. The molecule has 3 heterocycles. The van der Waals surface area contributed by atoms with Gasteiger partial charge in [-0.25, -0.2) is 9.97 Å². The largest absolute Gasteiger partial charge is 0.369 e. The van der Waals surface area contributed by atoms with Crippen LogP contribution in [0, 0.1) is 5.92 Å². The first-order valence-electron chi connectivity index (χ1n) is 8.94. The number of carbonyl (C=O) groups excluding carboxylic acids is 1. The Balaban J connectivity index is 1.60. The molecule has 1 aliphatic rings. The molecule has 0 amide bonds. The molecule has 1 aliphatic heterocycles. The van der Waals surface area contributed by atoms with Gasteiger partial charge in [0.2, 0.25) is 0 Å². The second-order valence-corrected chi connectivity index (χ2v) is 6.80. The summed E-state index contributed by atoms with van der Waals surface area (Å²) in [5, 5.41) is 8.94. The third-order valence-corrected chi connectivity index (χ3v) is 5.10. The molecule has 1 aromatic carbocycles. The van der Waals surface area contributed by atoms with Crippen molar-refractivity contribution in [2.24, 2.45) is 5.92 Å². The van der Waals surface area contributed by atoms with Crippen molar-refractivity contribution in [3.8, 4) is 0 Å².